The number of alkyl halides is 1. The monoisotopic (exact) mass is 343 g/mol. The number of fused-ring (bicyclic) bond motifs is 1. The molecule has 7 heteroatoms. The van der Waals surface area contributed by atoms with E-state index in [4.69, 9.17) is 5.11 Å². The summed E-state index contributed by atoms with van der Waals surface area (Å²) in [5.41, 5.74) is 2.43. The molecule has 0 aliphatic carbocycles. The number of carboxylic acid groups (broad SMARTS) is 1. The number of benzene rings is 1. The number of rotatable bonds is 4. The summed E-state index contributed by atoms with van der Waals surface area (Å²) < 4.78 is 14.8. The second kappa shape index (κ2) is 6.06. The number of nitrogens with zero attached hydrogens (tertiary/aromatic N) is 3. The Morgan fingerprint density at radius 1 is 1.54 bits per heavy atom. The van der Waals surface area contributed by atoms with Crippen LogP contribution in [-0.4, -0.2) is 27.3 Å². The standard InChI is InChI=1S/C17H14FN3O2S/c1-9(6-18)21-8-12(7-19)13-5-11(3-4-14(13)21)16-20-10(2)15(24-16)17(22)23/h3-5,8-9H,6H2,1-2H3,(H,22,23). The average Bonchev–Trinajstić information content (AvgIpc) is 3.14. The van der Waals surface area contributed by atoms with Crippen LogP contribution in [-0.2, 0) is 0 Å². The first-order chi connectivity index (χ1) is 11.5. The van der Waals surface area contributed by atoms with Gasteiger partial charge in [-0.25, -0.2) is 14.2 Å². The van der Waals surface area contributed by atoms with Crippen LogP contribution in [0.4, 0.5) is 4.39 Å². The molecule has 3 rings (SSSR count). The molecule has 0 saturated carbocycles. The highest BCUT2D eigenvalue weighted by molar-refractivity contribution is 7.17. The quantitative estimate of drug-likeness (QED) is 0.771. The number of halogens is 1. The first kappa shape index (κ1) is 16.1. The van der Waals surface area contributed by atoms with Gasteiger partial charge in [0.15, 0.2) is 0 Å². The van der Waals surface area contributed by atoms with Gasteiger partial charge in [0.05, 0.1) is 17.3 Å². The molecule has 0 radical (unpaired) electrons. The maximum atomic E-state index is 13.0. The normalized spacial score (nSPS) is 12.2. The molecule has 122 valence electrons. The topological polar surface area (TPSA) is 78.9 Å². The van der Waals surface area contributed by atoms with Crippen LogP contribution in [0.25, 0.3) is 21.5 Å². The Morgan fingerprint density at radius 3 is 2.88 bits per heavy atom. The molecule has 0 spiro atoms. The van der Waals surface area contributed by atoms with Crippen molar-refractivity contribution in [3.05, 3.63) is 40.5 Å². The smallest absolute Gasteiger partial charge is 0.347 e. The van der Waals surface area contributed by atoms with E-state index in [0.717, 1.165) is 22.4 Å². The van der Waals surface area contributed by atoms with Gasteiger partial charge in [0.25, 0.3) is 0 Å². The van der Waals surface area contributed by atoms with E-state index >= 15 is 0 Å². The van der Waals surface area contributed by atoms with E-state index in [9.17, 15) is 14.4 Å². The summed E-state index contributed by atoms with van der Waals surface area (Å²) in [6.07, 6.45) is 1.65. The summed E-state index contributed by atoms with van der Waals surface area (Å²) in [6.45, 7) is 2.88. The summed E-state index contributed by atoms with van der Waals surface area (Å²) in [6, 6.07) is 7.20. The second-order valence-electron chi connectivity index (χ2n) is 5.54. The second-order valence-corrected chi connectivity index (χ2v) is 6.53. The van der Waals surface area contributed by atoms with Crippen molar-refractivity contribution in [2.45, 2.75) is 19.9 Å². The van der Waals surface area contributed by atoms with Gasteiger partial charge >= 0.3 is 5.97 Å². The van der Waals surface area contributed by atoms with Crippen LogP contribution < -0.4 is 0 Å². The molecule has 3 aromatic rings. The van der Waals surface area contributed by atoms with Gasteiger partial charge in [0, 0.05) is 22.7 Å². The molecule has 2 heterocycles. The molecule has 1 aromatic carbocycles. The van der Waals surface area contributed by atoms with Crippen LogP contribution in [0.3, 0.4) is 0 Å². The van der Waals surface area contributed by atoms with Gasteiger partial charge in [-0.05, 0) is 32.0 Å². The number of aromatic nitrogens is 2. The lowest BCUT2D eigenvalue weighted by atomic mass is 10.1. The van der Waals surface area contributed by atoms with Gasteiger partial charge in [0.2, 0.25) is 0 Å². The van der Waals surface area contributed by atoms with Gasteiger partial charge in [-0.3, -0.25) is 0 Å². The molecule has 1 atom stereocenters. The Morgan fingerprint density at radius 2 is 2.29 bits per heavy atom. The molecule has 5 nitrogen and oxygen atoms in total. The van der Waals surface area contributed by atoms with Crippen LogP contribution >= 0.6 is 11.3 Å². The molecule has 1 N–H and O–H groups in total. The number of hydrogen-bond donors (Lipinski definition) is 1. The highest BCUT2D eigenvalue weighted by Gasteiger charge is 2.17. The van der Waals surface area contributed by atoms with E-state index in [1.807, 2.05) is 12.1 Å². The molecule has 0 fully saturated rings. The van der Waals surface area contributed by atoms with Gasteiger partial charge in [-0.2, -0.15) is 5.26 Å². The van der Waals surface area contributed by atoms with Crippen LogP contribution in [0.5, 0.6) is 0 Å². The maximum Gasteiger partial charge on any atom is 0.347 e. The minimum absolute atomic E-state index is 0.203. The van der Waals surface area contributed by atoms with E-state index in [2.05, 4.69) is 11.1 Å². The fourth-order valence-electron chi connectivity index (χ4n) is 2.63. The largest absolute Gasteiger partial charge is 0.477 e. The molecular formula is C17H14FN3O2S. The number of carboxylic acids is 1. The molecule has 0 saturated heterocycles. The molecule has 1 unspecified atom stereocenters. The highest BCUT2D eigenvalue weighted by Crippen LogP contribution is 2.32. The van der Waals surface area contributed by atoms with Crippen molar-refractivity contribution < 1.29 is 14.3 Å². The molecular weight excluding hydrogens is 329 g/mol. The number of aromatic carboxylic acids is 1. The van der Waals surface area contributed by atoms with Crippen molar-refractivity contribution >= 4 is 28.2 Å². The Hall–Kier alpha value is -2.72. The van der Waals surface area contributed by atoms with E-state index in [-0.39, 0.29) is 10.9 Å². The lowest BCUT2D eigenvalue weighted by Crippen LogP contribution is -2.04. The summed E-state index contributed by atoms with van der Waals surface area (Å²) in [5.74, 6) is -1.00. The van der Waals surface area contributed by atoms with Gasteiger partial charge in [-0.1, -0.05) is 0 Å². The number of nitriles is 1. The van der Waals surface area contributed by atoms with E-state index in [1.54, 1.807) is 30.7 Å². The summed E-state index contributed by atoms with van der Waals surface area (Å²) >= 11 is 1.10. The van der Waals surface area contributed by atoms with Crippen molar-refractivity contribution in [2.75, 3.05) is 6.67 Å². The fourth-order valence-corrected chi connectivity index (χ4v) is 3.54. The highest BCUT2D eigenvalue weighted by atomic mass is 32.1. The van der Waals surface area contributed by atoms with Crippen LogP contribution in [0.2, 0.25) is 0 Å². The molecule has 24 heavy (non-hydrogen) atoms. The van der Waals surface area contributed by atoms with Crippen molar-refractivity contribution in [1.82, 2.24) is 9.55 Å². The van der Waals surface area contributed by atoms with Crippen LogP contribution in [0, 0.1) is 18.3 Å². The van der Waals surface area contributed by atoms with Crippen molar-refractivity contribution in [1.29, 1.82) is 5.26 Å². The molecule has 2 aromatic heterocycles. The average molecular weight is 343 g/mol. The first-order valence-corrected chi connectivity index (χ1v) is 8.09. The molecule has 0 bridgehead atoms. The van der Waals surface area contributed by atoms with Gasteiger partial charge in [-0.15, -0.1) is 11.3 Å². The SMILES string of the molecule is Cc1nc(-c2ccc3c(c2)c(C#N)cn3C(C)CF)sc1C(=O)O. The zero-order valence-electron chi connectivity index (χ0n) is 13.1. The fraction of sp³-hybridized carbons (Fsp3) is 0.235. The van der Waals surface area contributed by atoms with Crippen molar-refractivity contribution in [2.24, 2.45) is 0 Å². The Labute approximate surface area is 141 Å². The van der Waals surface area contributed by atoms with Crippen molar-refractivity contribution in [3.63, 3.8) is 0 Å². The number of carbonyl (C=O) groups is 1. The molecule has 0 aliphatic rings. The summed E-state index contributed by atoms with van der Waals surface area (Å²) in [4.78, 5) is 15.7. The number of hydrogen-bond acceptors (Lipinski definition) is 4. The van der Waals surface area contributed by atoms with E-state index in [1.165, 1.54) is 0 Å². The van der Waals surface area contributed by atoms with Crippen LogP contribution in [0.1, 0.15) is 33.9 Å². The zero-order chi connectivity index (χ0) is 17.4. The summed E-state index contributed by atoms with van der Waals surface area (Å²) in [7, 11) is 0. The predicted molar refractivity (Wildman–Crippen MR) is 90.1 cm³/mol. The Kier molecular flexibility index (Phi) is 4.08. The third kappa shape index (κ3) is 2.55. The lowest BCUT2D eigenvalue weighted by Gasteiger charge is -2.10. The maximum absolute atomic E-state index is 13.0. The Bertz CT molecular complexity index is 984. The number of aryl methyl sites for hydroxylation is 1. The van der Waals surface area contributed by atoms with Gasteiger partial charge in [0.1, 0.15) is 22.6 Å². The van der Waals surface area contributed by atoms with Crippen molar-refractivity contribution in [3.8, 4) is 16.6 Å². The minimum Gasteiger partial charge on any atom is -0.477 e. The first-order valence-electron chi connectivity index (χ1n) is 7.28. The predicted octanol–water partition coefficient (Wildman–Crippen LogP) is 4.17. The molecule has 0 aliphatic heterocycles. The number of thiazole rings is 1. The summed E-state index contributed by atoms with van der Waals surface area (Å²) in [5, 5.41) is 19.8. The Balaban J connectivity index is 2.17. The van der Waals surface area contributed by atoms with E-state index in [0.29, 0.717) is 21.7 Å². The lowest BCUT2D eigenvalue weighted by molar-refractivity contribution is 0.0701. The minimum atomic E-state index is -1.00. The van der Waals surface area contributed by atoms with E-state index < -0.39 is 12.6 Å². The zero-order valence-corrected chi connectivity index (χ0v) is 13.9. The van der Waals surface area contributed by atoms with Crippen LogP contribution in [0.15, 0.2) is 24.4 Å². The molecule has 0 amide bonds. The third-order valence-electron chi connectivity index (χ3n) is 3.89. The third-order valence-corrected chi connectivity index (χ3v) is 5.08. The van der Waals surface area contributed by atoms with Gasteiger partial charge < -0.3 is 9.67 Å².